The minimum absolute atomic E-state index is 0.140. The highest BCUT2D eigenvalue weighted by molar-refractivity contribution is 5.94. The summed E-state index contributed by atoms with van der Waals surface area (Å²) in [4.78, 5) is 61.1. The number of rotatable bonds is 11. The molecule has 11 nitrogen and oxygen atoms in total. The molecule has 1 fully saturated rings. The van der Waals surface area contributed by atoms with E-state index in [1.165, 1.54) is 4.90 Å². The second-order valence-electron chi connectivity index (χ2n) is 7.23. The SMILES string of the molecule is CCC(C)C(NC(=O)CN)C(=O)N1CCCC1C(=O)NC(CCC(N)=O)C(=O)O. The highest BCUT2D eigenvalue weighted by Crippen LogP contribution is 2.21. The lowest BCUT2D eigenvalue weighted by molar-refractivity contribution is -0.145. The Balaban J connectivity index is 2.91. The standard InChI is InChI=1S/C18H31N5O6/c1-3-10(2)15(22-14(25)9-19)17(27)23-8-4-5-12(23)16(26)21-11(18(28)29)6-7-13(20)24/h10-12,15H,3-9,19H2,1-2H3,(H2,20,24)(H,21,26)(H,22,25)(H,28,29). The van der Waals surface area contributed by atoms with Gasteiger partial charge in [-0.25, -0.2) is 4.79 Å². The molecule has 1 heterocycles. The Kier molecular flexibility index (Phi) is 9.53. The summed E-state index contributed by atoms with van der Waals surface area (Å²) in [5.41, 5.74) is 10.4. The van der Waals surface area contributed by atoms with Gasteiger partial charge in [-0.1, -0.05) is 20.3 Å². The molecular weight excluding hydrogens is 382 g/mol. The molecule has 1 aliphatic heterocycles. The molecule has 1 aliphatic rings. The van der Waals surface area contributed by atoms with Crippen LogP contribution in [0.3, 0.4) is 0 Å². The molecule has 0 aromatic heterocycles. The fourth-order valence-electron chi connectivity index (χ4n) is 3.21. The average Bonchev–Trinajstić information content (AvgIpc) is 3.17. The monoisotopic (exact) mass is 413 g/mol. The zero-order chi connectivity index (χ0) is 22.1. The molecule has 0 aliphatic carbocycles. The van der Waals surface area contributed by atoms with Crippen molar-refractivity contribution in [3.63, 3.8) is 0 Å². The van der Waals surface area contributed by atoms with Crippen LogP contribution >= 0.6 is 0 Å². The predicted molar refractivity (Wildman–Crippen MR) is 103 cm³/mol. The van der Waals surface area contributed by atoms with Crippen LogP contribution < -0.4 is 22.1 Å². The van der Waals surface area contributed by atoms with E-state index in [9.17, 15) is 29.1 Å². The van der Waals surface area contributed by atoms with Crippen LogP contribution in [0.1, 0.15) is 46.0 Å². The lowest BCUT2D eigenvalue weighted by Crippen LogP contribution is -2.57. The number of hydrogen-bond donors (Lipinski definition) is 5. The highest BCUT2D eigenvalue weighted by Gasteiger charge is 2.39. The van der Waals surface area contributed by atoms with Crippen molar-refractivity contribution >= 4 is 29.6 Å². The molecule has 0 radical (unpaired) electrons. The Bertz CT molecular complexity index is 640. The van der Waals surface area contributed by atoms with Crippen LogP contribution in [-0.2, 0) is 24.0 Å². The Hall–Kier alpha value is -2.69. The number of primary amides is 1. The van der Waals surface area contributed by atoms with Crippen molar-refractivity contribution < 1.29 is 29.1 Å². The summed E-state index contributed by atoms with van der Waals surface area (Å²) in [5, 5.41) is 14.3. The number of carbonyl (C=O) groups excluding carboxylic acids is 4. The topological polar surface area (TPSA) is 185 Å². The fraction of sp³-hybridized carbons (Fsp3) is 0.722. The maximum absolute atomic E-state index is 13.1. The van der Waals surface area contributed by atoms with Gasteiger partial charge in [-0.3, -0.25) is 19.2 Å². The first kappa shape index (κ1) is 24.3. The number of carboxylic acids is 1. The molecule has 0 spiro atoms. The molecule has 11 heteroatoms. The van der Waals surface area contributed by atoms with Crippen molar-refractivity contribution in [2.24, 2.45) is 17.4 Å². The van der Waals surface area contributed by atoms with Gasteiger partial charge in [0.25, 0.3) is 0 Å². The zero-order valence-corrected chi connectivity index (χ0v) is 16.8. The Morgan fingerprint density at radius 1 is 1.21 bits per heavy atom. The minimum atomic E-state index is -1.29. The number of amides is 4. The fourth-order valence-corrected chi connectivity index (χ4v) is 3.21. The highest BCUT2D eigenvalue weighted by atomic mass is 16.4. The second-order valence-corrected chi connectivity index (χ2v) is 7.23. The third-order valence-electron chi connectivity index (χ3n) is 5.11. The number of nitrogens with one attached hydrogen (secondary N) is 2. The van der Waals surface area contributed by atoms with E-state index in [2.05, 4.69) is 10.6 Å². The average molecular weight is 413 g/mol. The molecule has 29 heavy (non-hydrogen) atoms. The van der Waals surface area contributed by atoms with Crippen molar-refractivity contribution in [2.45, 2.75) is 64.1 Å². The molecule has 0 aromatic carbocycles. The predicted octanol–water partition coefficient (Wildman–Crippen LogP) is -1.70. The van der Waals surface area contributed by atoms with Crippen molar-refractivity contribution in [3.8, 4) is 0 Å². The van der Waals surface area contributed by atoms with E-state index in [1.807, 2.05) is 13.8 Å². The summed E-state index contributed by atoms with van der Waals surface area (Å²) in [6.45, 7) is 3.75. The molecule has 7 N–H and O–H groups in total. The lowest BCUT2D eigenvalue weighted by atomic mass is 9.97. The number of hydrogen-bond acceptors (Lipinski definition) is 6. The number of carbonyl (C=O) groups is 5. The number of nitrogens with zero attached hydrogens (tertiary/aromatic N) is 1. The van der Waals surface area contributed by atoms with Gasteiger partial charge in [-0.2, -0.15) is 0 Å². The van der Waals surface area contributed by atoms with Gasteiger partial charge in [-0.05, 0) is 25.2 Å². The molecule has 0 bridgehead atoms. The van der Waals surface area contributed by atoms with Crippen molar-refractivity contribution in [1.82, 2.24) is 15.5 Å². The normalized spacial score (nSPS) is 19.1. The van der Waals surface area contributed by atoms with Gasteiger partial charge < -0.3 is 32.1 Å². The molecule has 1 saturated heterocycles. The maximum Gasteiger partial charge on any atom is 0.326 e. The Morgan fingerprint density at radius 2 is 1.86 bits per heavy atom. The molecule has 1 rings (SSSR count). The molecule has 0 saturated carbocycles. The van der Waals surface area contributed by atoms with Crippen LogP contribution in [0.4, 0.5) is 0 Å². The number of carboxylic acid groups (broad SMARTS) is 1. The summed E-state index contributed by atoms with van der Waals surface area (Å²) < 4.78 is 0. The lowest BCUT2D eigenvalue weighted by Gasteiger charge is -2.31. The Morgan fingerprint density at radius 3 is 2.38 bits per heavy atom. The van der Waals surface area contributed by atoms with Crippen LogP contribution in [0.5, 0.6) is 0 Å². The van der Waals surface area contributed by atoms with E-state index in [0.29, 0.717) is 25.8 Å². The van der Waals surface area contributed by atoms with Gasteiger partial charge in [0.2, 0.25) is 23.6 Å². The first-order chi connectivity index (χ1) is 13.6. The van der Waals surface area contributed by atoms with Gasteiger partial charge in [0.05, 0.1) is 6.54 Å². The number of likely N-dealkylation sites (tertiary alicyclic amines) is 1. The van der Waals surface area contributed by atoms with Gasteiger partial charge >= 0.3 is 5.97 Å². The first-order valence-electron chi connectivity index (χ1n) is 9.73. The molecular formula is C18H31N5O6. The van der Waals surface area contributed by atoms with E-state index in [1.54, 1.807) is 0 Å². The van der Waals surface area contributed by atoms with E-state index < -0.39 is 47.7 Å². The van der Waals surface area contributed by atoms with Crippen LogP contribution in [0.25, 0.3) is 0 Å². The Labute approximate surface area is 169 Å². The molecule has 0 aromatic rings. The largest absolute Gasteiger partial charge is 0.480 e. The summed E-state index contributed by atoms with van der Waals surface area (Å²) >= 11 is 0. The summed E-state index contributed by atoms with van der Waals surface area (Å²) in [7, 11) is 0. The maximum atomic E-state index is 13.1. The second kappa shape index (κ2) is 11.3. The number of aliphatic carboxylic acids is 1. The summed E-state index contributed by atoms with van der Waals surface area (Å²) in [6.07, 6.45) is 1.24. The quantitative estimate of drug-likeness (QED) is 0.267. The molecule has 164 valence electrons. The van der Waals surface area contributed by atoms with E-state index in [0.717, 1.165) is 0 Å². The third kappa shape index (κ3) is 7.00. The first-order valence-corrected chi connectivity index (χ1v) is 9.73. The van der Waals surface area contributed by atoms with Crippen LogP contribution in [0, 0.1) is 5.92 Å². The smallest absolute Gasteiger partial charge is 0.326 e. The number of nitrogens with two attached hydrogens (primary N) is 2. The molecule has 4 atom stereocenters. The van der Waals surface area contributed by atoms with Crippen molar-refractivity contribution in [3.05, 3.63) is 0 Å². The third-order valence-corrected chi connectivity index (χ3v) is 5.11. The zero-order valence-electron chi connectivity index (χ0n) is 16.8. The van der Waals surface area contributed by atoms with E-state index in [-0.39, 0.29) is 25.3 Å². The van der Waals surface area contributed by atoms with Crippen LogP contribution in [0.15, 0.2) is 0 Å². The van der Waals surface area contributed by atoms with E-state index >= 15 is 0 Å². The summed E-state index contributed by atoms with van der Waals surface area (Å²) in [5.74, 6) is -3.62. The van der Waals surface area contributed by atoms with Gasteiger partial charge in [0.15, 0.2) is 0 Å². The molecule has 4 amide bonds. The van der Waals surface area contributed by atoms with Gasteiger partial charge in [-0.15, -0.1) is 0 Å². The van der Waals surface area contributed by atoms with Crippen molar-refractivity contribution in [1.29, 1.82) is 0 Å². The minimum Gasteiger partial charge on any atom is -0.480 e. The van der Waals surface area contributed by atoms with Gasteiger partial charge in [0, 0.05) is 13.0 Å². The van der Waals surface area contributed by atoms with Crippen LogP contribution in [-0.4, -0.2) is 70.8 Å². The summed E-state index contributed by atoms with van der Waals surface area (Å²) in [6, 6.07) is -2.95. The van der Waals surface area contributed by atoms with Gasteiger partial charge in [0.1, 0.15) is 18.1 Å². The molecule has 4 unspecified atom stereocenters. The van der Waals surface area contributed by atoms with E-state index in [4.69, 9.17) is 11.5 Å². The van der Waals surface area contributed by atoms with Crippen molar-refractivity contribution in [2.75, 3.05) is 13.1 Å². The van der Waals surface area contributed by atoms with Crippen LogP contribution in [0.2, 0.25) is 0 Å².